The minimum absolute atomic E-state index is 0.0898. The standard InChI is InChI=1S/C25H32N2O3/c1-25(2,3)21-11-13-22(14-12-21)30-18-19-7-9-20(10-8-19)24(29)26-15-5-17-27-16-4-6-23(27)28/h7-14H,4-6,15-18H2,1-3H3,(H,26,29). The van der Waals surface area contributed by atoms with E-state index in [0.717, 1.165) is 30.7 Å². The van der Waals surface area contributed by atoms with E-state index in [-0.39, 0.29) is 17.2 Å². The van der Waals surface area contributed by atoms with Gasteiger partial charge in [0.1, 0.15) is 12.4 Å². The average molecular weight is 409 g/mol. The van der Waals surface area contributed by atoms with Gasteiger partial charge in [-0.25, -0.2) is 0 Å². The second kappa shape index (κ2) is 9.79. The van der Waals surface area contributed by atoms with Gasteiger partial charge in [0, 0.05) is 31.6 Å². The molecule has 0 saturated carbocycles. The highest BCUT2D eigenvalue weighted by molar-refractivity contribution is 5.94. The monoisotopic (exact) mass is 408 g/mol. The SMILES string of the molecule is CC(C)(C)c1ccc(OCc2ccc(C(=O)NCCCN3CCCC3=O)cc2)cc1. The van der Waals surface area contributed by atoms with Crippen LogP contribution < -0.4 is 10.1 Å². The molecule has 5 nitrogen and oxygen atoms in total. The molecule has 0 spiro atoms. The lowest BCUT2D eigenvalue weighted by Gasteiger charge is -2.19. The third kappa shape index (κ3) is 6.09. The molecule has 1 N–H and O–H groups in total. The molecule has 1 heterocycles. The zero-order valence-electron chi connectivity index (χ0n) is 18.2. The van der Waals surface area contributed by atoms with Crippen molar-refractivity contribution in [2.45, 2.75) is 52.1 Å². The quantitative estimate of drug-likeness (QED) is 0.663. The van der Waals surface area contributed by atoms with Gasteiger partial charge < -0.3 is 15.0 Å². The number of nitrogens with zero attached hydrogens (tertiary/aromatic N) is 1. The topological polar surface area (TPSA) is 58.6 Å². The molecule has 0 aliphatic carbocycles. The van der Waals surface area contributed by atoms with E-state index in [9.17, 15) is 9.59 Å². The van der Waals surface area contributed by atoms with E-state index in [1.807, 2.05) is 41.3 Å². The molecule has 1 aliphatic heterocycles. The van der Waals surface area contributed by atoms with Crippen LogP contribution in [0.25, 0.3) is 0 Å². The molecule has 0 bridgehead atoms. The first-order valence-corrected chi connectivity index (χ1v) is 10.7. The predicted molar refractivity (Wildman–Crippen MR) is 119 cm³/mol. The summed E-state index contributed by atoms with van der Waals surface area (Å²) >= 11 is 0. The first-order valence-electron chi connectivity index (χ1n) is 10.7. The Balaban J connectivity index is 1.41. The molecule has 1 fully saturated rings. The molecule has 0 aromatic heterocycles. The number of benzene rings is 2. The molecule has 1 aliphatic rings. The van der Waals surface area contributed by atoms with E-state index in [0.29, 0.717) is 31.7 Å². The van der Waals surface area contributed by atoms with Gasteiger partial charge in [0.2, 0.25) is 5.91 Å². The summed E-state index contributed by atoms with van der Waals surface area (Å²) in [5.74, 6) is 0.971. The van der Waals surface area contributed by atoms with Gasteiger partial charge in [-0.3, -0.25) is 9.59 Å². The van der Waals surface area contributed by atoms with E-state index in [1.54, 1.807) is 0 Å². The van der Waals surface area contributed by atoms with Crippen LogP contribution >= 0.6 is 0 Å². The molecule has 2 aromatic carbocycles. The third-order valence-corrected chi connectivity index (χ3v) is 5.40. The van der Waals surface area contributed by atoms with Gasteiger partial charge in [0.25, 0.3) is 5.91 Å². The van der Waals surface area contributed by atoms with Crippen LogP contribution in [0.3, 0.4) is 0 Å². The fourth-order valence-electron chi connectivity index (χ4n) is 3.48. The third-order valence-electron chi connectivity index (χ3n) is 5.40. The summed E-state index contributed by atoms with van der Waals surface area (Å²) in [5, 5.41) is 2.92. The smallest absolute Gasteiger partial charge is 0.251 e. The summed E-state index contributed by atoms with van der Waals surface area (Å²) < 4.78 is 5.86. The molecular weight excluding hydrogens is 376 g/mol. The zero-order chi connectivity index (χ0) is 21.6. The van der Waals surface area contributed by atoms with E-state index in [4.69, 9.17) is 4.74 Å². The van der Waals surface area contributed by atoms with Gasteiger partial charge in [0.05, 0.1) is 0 Å². The number of likely N-dealkylation sites (tertiary alicyclic amines) is 1. The Morgan fingerprint density at radius 1 is 1.07 bits per heavy atom. The minimum atomic E-state index is -0.0898. The van der Waals surface area contributed by atoms with Crippen LogP contribution in [0.15, 0.2) is 48.5 Å². The highest BCUT2D eigenvalue weighted by Gasteiger charge is 2.19. The first-order chi connectivity index (χ1) is 14.3. The summed E-state index contributed by atoms with van der Waals surface area (Å²) in [6.45, 7) is 9.15. The van der Waals surface area contributed by atoms with E-state index >= 15 is 0 Å². The summed E-state index contributed by atoms with van der Waals surface area (Å²) in [5.41, 5.74) is 3.04. The lowest BCUT2D eigenvalue weighted by molar-refractivity contribution is -0.127. The molecule has 3 rings (SSSR count). The van der Waals surface area contributed by atoms with Crippen LogP contribution in [0.2, 0.25) is 0 Å². The number of hydrogen-bond donors (Lipinski definition) is 1. The number of carbonyl (C=O) groups excluding carboxylic acids is 2. The van der Waals surface area contributed by atoms with Crippen molar-refractivity contribution in [2.24, 2.45) is 0 Å². The Bertz CT molecular complexity index is 851. The van der Waals surface area contributed by atoms with Gasteiger partial charge in [0.15, 0.2) is 0 Å². The lowest BCUT2D eigenvalue weighted by atomic mass is 9.87. The normalized spacial score (nSPS) is 14.1. The molecule has 2 amide bonds. The average Bonchev–Trinajstić information content (AvgIpc) is 3.14. The summed E-state index contributed by atoms with van der Waals surface area (Å²) in [6.07, 6.45) is 2.38. The highest BCUT2D eigenvalue weighted by atomic mass is 16.5. The van der Waals surface area contributed by atoms with Crippen molar-refractivity contribution >= 4 is 11.8 Å². The summed E-state index contributed by atoms with van der Waals surface area (Å²) in [7, 11) is 0. The molecule has 0 atom stereocenters. The zero-order valence-corrected chi connectivity index (χ0v) is 18.2. The largest absolute Gasteiger partial charge is 0.489 e. The van der Waals surface area contributed by atoms with Gasteiger partial charge in [-0.05, 0) is 53.6 Å². The molecule has 30 heavy (non-hydrogen) atoms. The lowest BCUT2D eigenvalue weighted by Crippen LogP contribution is -2.30. The maximum absolute atomic E-state index is 12.3. The van der Waals surface area contributed by atoms with Crippen LogP contribution in [0.1, 0.15) is 61.5 Å². The Kier molecular flexibility index (Phi) is 7.14. The maximum Gasteiger partial charge on any atom is 0.251 e. The number of nitrogens with one attached hydrogen (secondary N) is 1. The molecule has 5 heteroatoms. The van der Waals surface area contributed by atoms with Crippen molar-refractivity contribution in [3.63, 3.8) is 0 Å². The van der Waals surface area contributed by atoms with Crippen LogP contribution in [-0.2, 0) is 16.8 Å². The summed E-state index contributed by atoms with van der Waals surface area (Å²) in [6, 6.07) is 15.7. The summed E-state index contributed by atoms with van der Waals surface area (Å²) in [4.78, 5) is 25.7. The van der Waals surface area contributed by atoms with Crippen molar-refractivity contribution in [3.05, 3.63) is 65.2 Å². The Morgan fingerprint density at radius 3 is 2.37 bits per heavy atom. The molecule has 0 radical (unpaired) electrons. The molecule has 160 valence electrons. The molecule has 2 aromatic rings. The predicted octanol–water partition coefficient (Wildman–Crippen LogP) is 4.31. The van der Waals surface area contributed by atoms with E-state index < -0.39 is 0 Å². The molecular formula is C25H32N2O3. The second-order valence-electron chi connectivity index (χ2n) is 8.85. The van der Waals surface area contributed by atoms with E-state index in [2.05, 4.69) is 38.2 Å². The van der Waals surface area contributed by atoms with Crippen molar-refractivity contribution in [2.75, 3.05) is 19.6 Å². The first kappa shape index (κ1) is 21.9. The van der Waals surface area contributed by atoms with Crippen molar-refractivity contribution < 1.29 is 14.3 Å². The maximum atomic E-state index is 12.3. The van der Waals surface area contributed by atoms with Gasteiger partial charge in [-0.2, -0.15) is 0 Å². The van der Waals surface area contributed by atoms with Crippen LogP contribution in [0, 0.1) is 0 Å². The van der Waals surface area contributed by atoms with E-state index in [1.165, 1.54) is 5.56 Å². The Morgan fingerprint density at radius 2 is 1.77 bits per heavy atom. The fourth-order valence-corrected chi connectivity index (χ4v) is 3.48. The Hall–Kier alpha value is -2.82. The number of carbonyl (C=O) groups is 2. The number of hydrogen-bond acceptors (Lipinski definition) is 3. The van der Waals surface area contributed by atoms with Crippen molar-refractivity contribution in [3.8, 4) is 5.75 Å². The minimum Gasteiger partial charge on any atom is -0.489 e. The van der Waals surface area contributed by atoms with Gasteiger partial charge in [-0.1, -0.05) is 45.0 Å². The second-order valence-corrected chi connectivity index (χ2v) is 8.85. The van der Waals surface area contributed by atoms with Crippen molar-refractivity contribution in [1.82, 2.24) is 10.2 Å². The van der Waals surface area contributed by atoms with Crippen LogP contribution in [0.4, 0.5) is 0 Å². The van der Waals surface area contributed by atoms with Crippen molar-refractivity contribution in [1.29, 1.82) is 0 Å². The van der Waals surface area contributed by atoms with Gasteiger partial charge in [-0.15, -0.1) is 0 Å². The van der Waals surface area contributed by atoms with Crippen LogP contribution in [0.5, 0.6) is 5.75 Å². The Labute approximate surface area is 179 Å². The molecule has 1 saturated heterocycles. The highest BCUT2D eigenvalue weighted by Crippen LogP contribution is 2.24. The van der Waals surface area contributed by atoms with Gasteiger partial charge >= 0.3 is 0 Å². The molecule has 0 unspecified atom stereocenters. The van der Waals surface area contributed by atoms with Crippen LogP contribution in [-0.4, -0.2) is 36.3 Å². The fraction of sp³-hybridized carbons (Fsp3) is 0.440. The number of amides is 2. The number of rotatable bonds is 8. The number of ether oxygens (including phenoxy) is 1.